The lowest BCUT2D eigenvalue weighted by Crippen LogP contribution is -1.86. The Morgan fingerprint density at radius 1 is 1.71 bits per heavy atom. The molecule has 1 rings (SSSR count). The van der Waals surface area contributed by atoms with Crippen molar-refractivity contribution in [3.05, 3.63) is 11.6 Å². The third-order valence-electron chi connectivity index (χ3n) is 1.27. The van der Waals surface area contributed by atoms with Gasteiger partial charge < -0.3 is 0 Å². The lowest BCUT2D eigenvalue weighted by Gasteiger charge is -1.94. The Hall–Kier alpha value is -0.700. The molecule has 0 unspecified atom stereocenters. The quantitative estimate of drug-likeness (QED) is 0.398. The Morgan fingerprint density at radius 3 is 2.14 bits per heavy atom. The van der Waals surface area contributed by atoms with E-state index in [2.05, 4.69) is 25.8 Å². The minimum absolute atomic E-state index is 0.273. The molecule has 0 heterocycles. The van der Waals surface area contributed by atoms with Crippen LogP contribution in [-0.4, -0.2) is 0 Å². The Kier molecular flexibility index (Phi) is 0.588. The van der Waals surface area contributed by atoms with Crippen molar-refractivity contribution in [1.29, 1.82) is 0 Å². The average Bonchev–Trinajstić information content (AvgIpc) is 2.13. The molecule has 36 valence electrons. The molecule has 0 aromatic carbocycles. The van der Waals surface area contributed by atoms with Crippen LogP contribution in [0.25, 0.3) is 0 Å². The fourth-order valence-corrected chi connectivity index (χ4v) is 0.552. The smallest absolute Gasteiger partial charge is 0.0164 e. The van der Waals surface area contributed by atoms with E-state index in [1.165, 1.54) is 0 Å². The van der Waals surface area contributed by atoms with Gasteiger partial charge in [0.05, 0.1) is 0 Å². The molecule has 0 nitrogen and oxygen atoms in total. The summed E-state index contributed by atoms with van der Waals surface area (Å²) in [5.41, 5.74) is 1.42. The second-order valence-corrected chi connectivity index (χ2v) is 2.42. The Labute approximate surface area is 44.2 Å². The van der Waals surface area contributed by atoms with E-state index in [4.69, 9.17) is 6.42 Å². The molecule has 0 saturated heterocycles. The van der Waals surface area contributed by atoms with E-state index in [-0.39, 0.29) is 5.41 Å². The van der Waals surface area contributed by atoms with Gasteiger partial charge in [-0.3, -0.25) is 0 Å². The first-order valence-corrected chi connectivity index (χ1v) is 2.37. The summed E-state index contributed by atoms with van der Waals surface area (Å²) in [6.07, 6.45) is 7.18. The molecule has 0 spiro atoms. The molecule has 0 aliphatic heterocycles. The van der Waals surface area contributed by atoms with Crippen LogP contribution in [0.1, 0.15) is 13.8 Å². The van der Waals surface area contributed by atoms with Crippen LogP contribution in [0.15, 0.2) is 11.6 Å². The molecule has 0 amide bonds. The molecule has 0 aromatic heterocycles. The molecule has 0 N–H and O–H groups in total. The van der Waals surface area contributed by atoms with Gasteiger partial charge in [0, 0.05) is 11.0 Å². The largest absolute Gasteiger partial charge is 0.115 e. The van der Waals surface area contributed by atoms with Crippen molar-refractivity contribution in [1.82, 2.24) is 0 Å². The van der Waals surface area contributed by atoms with Crippen molar-refractivity contribution in [2.45, 2.75) is 13.8 Å². The molecule has 0 radical (unpaired) electrons. The van der Waals surface area contributed by atoms with Crippen LogP contribution in [0.4, 0.5) is 0 Å². The maximum absolute atomic E-state index is 5.09. The van der Waals surface area contributed by atoms with Crippen LogP contribution in [0.2, 0.25) is 0 Å². The summed E-state index contributed by atoms with van der Waals surface area (Å²) >= 11 is 0. The average molecular weight is 92.1 g/mol. The van der Waals surface area contributed by atoms with Gasteiger partial charge in [-0.2, -0.15) is 0 Å². The molecule has 7 heavy (non-hydrogen) atoms. The van der Waals surface area contributed by atoms with E-state index in [0.717, 1.165) is 5.57 Å². The van der Waals surface area contributed by atoms with Gasteiger partial charge in [0.2, 0.25) is 0 Å². The van der Waals surface area contributed by atoms with Gasteiger partial charge >= 0.3 is 0 Å². The van der Waals surface area contributed by atoms with E-state index >= 15 is 0 Å². The Bertz CT molecular complexity index is 153. The highest BCUT2D eigenvalue weighted by molar-refractivity contribution is 5.48. The van der Waals surface area contributed by atoms with Crippen molar-refractivity contribution in [3.63, 3.8) is 0 Å². The Morgan fingerprint density at radius 2 is 2.14 bits per heavy atom. The minimum atomic E-state index is 0.273. The molecular weight excluding hydrogens is 84.1 g/mol. The van der Waals surface area contributed by atoms with Crippen molar-refractivity contribution in [2.75, 3.05) is 0 Å². The van der Waals surface area contributed by atoms with Gasteiger partial charge in [0.1, 0.15) is 0 Å². The maximum Gasteiger partial charge on any atom is 0.0164 e. The highest BCUT2D eigenvalue weighted by Gasteiger charge is 2.31. The topological polar surface area (TPSA) is 0 Å². The summed E-state index contributed by atoms with van der Waals surface area (Å²) in [5.74, 6) is 2.59. The fraction of sp³-hybridized carbons (Fsp3) is 0.429. The lowest BCUT2D eigenvalue weighted by molar-refractivity contribution is 0.715. The molecule has 0 fully saturated rings. The molecular formula is C7H8. The standard InChI is InChI=1S/C7H8/c1-4-6-5-7(6,2)3/h1,5H,2-3H3. The van der Waals surface area contributed by atoms with Crippen LogP contribution >= 0.6 is 0 Å². The van der Waals surface area contributed by atoms with Crippen molar-refractivity contribution >= 4 is 0 Å². The van der Waals surface area contributed by atoms with Crippen LogP contribution < -0.4 is 0 Å². The van der Waals surface area contributed by atoms with E-state index < -0.39 is 0 Å². The Balaban J connectivity index is 2.61. The van der Waals surface area contributed by atoms with Gasteiger partial charge in [0.15, 0.2) is 0 Å². The van der Waals surface area contributed by atoms with E-state index in [0.29, 0.717) is 0 Å². The number of hydrogen-bond donors (Lipinski definition) is 0. The molecule has 0 atom stereocenters. The third-order valence-corrected chi connectivity index (χ3v) is 1.27. The zero-order valence-corrected chi connectivity index (χ0v) is 4.65. The normalized spacial score (nSPS) is 22.7. The molecule has 1 aliphatic rings. The van der Waals surface area contributed by atoms with Gasteiger partial charge in [-0.15, -0.1) is 6.42 Å². The maximum atomic E-state index is 5.09. The monoisotopic (exact) mass is 92.1 g/mol. The predicted molar refractivity (Wildman–Crippen MR) is 30.7 cm³/mol. The molecule has 0 heteroatoms. The summed E-state index contributed by atoms with van der Waals surface area (Å²) in [7, 11) is 0. The molecule has 1 aliphatic carbocycles. The molecule has 0 aromatic rings. The van der Waals surface area contributed by atoms with Crippen molar-refractivity contribution in [3.8, 4) is 12.3 Å². The first kappa shape index (κ1) is 4.46. The number of allylic oxidation sites excluding steroid dienone is 2. The van der Waals surface area contributed by atoms with Crippen LogP contribution in [-0.2, 0) is 0 Å². The van der Waals surface area contributed by atoms with Crippen LogP contribution in [0.5, 0.6) is 0 Å². The third kappa shape index (κ3) is 0.544. The van der Waals surface area contributed by atoms with E-state index in [1.54, 1.807) is 0 Å². The van der Waals surface area contributed by atoms with Gasteiger partial charge in [-0.1, -0.05) is 25.8 Å². The summed E-state index contributed by atoms with van der Waals surface area (Å²) in [6.45, 7) is 4.23. The lowest BCUT2D eigenvalue weighted by atomic mass is 10.1. The molecule has 0 bridgehead atoms. The second kappa shape index (κ2) is 0.924. The highest BCUT2D eigenvalue weighted by Crippen LogP contribution is 2.41. The zero-order chi connectivity index (χ0) is 5.49. The van der Waals surface area contributed by atoms with Crippen LogP contribution in [0, 0.1) is 17.8 Å². The zero-order valence-electron chi connectivity index (χ0n) is 4.65. The number of terminal acetylenes is 1. The number of rotatable bonds is 0. The fourth-order valence-electron chi connectivity index (χ4n) is 0.552. The molecule has 0 saturated carbocycles. The SMILES string of the molecule is C#CC1=CC1(C)C. The predicted octanol–water partition coefficient (Wildman–Crippen LogP) is 1.59. The summed E-state index contributed by atoms with van der Waals surface area (Å²) < 4.78 is 0. The van der Waals surface area contributed by atoms with Crippen molar-refractivity contribution in [2.24, 2.45) is 5.41 Å². The second-order valence-electron chi connectivity index (χ2n) is 2.42. The van der Waals surface area contributed by atoms with Gasteiger partial charge in [-0.25, -0.2) is 0 Å². The van der Waals surface area contributed by atoms with Gasteiger partial charge in [-0.05, 0) is 0 Å². The highest BCUT2D eigenvalue weighted by atomic mass is 14.3. The summed E-state index contributed by atoms with van der Waals surface area (Å²) in [6, 6.07) is 0. The van der Waals surface area contributed by atoms with Crippen LogP contribution in [0.3, 0.4) is 0 Å². The summed E-state index contributed by atoms with van der Waals surface area (Å²) in [4.78, 5) is 0. The number of hydrogen-bond acceptors (Lipinski definition) is 0. The van der Waals surface area contributed by atoms with Crippen molar-refractivity contribution < 1.29 is 0 Å². The summed E-state index contributed by atoms with van der Waals surface area (Å²) in [5, 5.41) is 0. The van der Waals surface area contributed by atoms with E-state index in [9.17, 15) is 0 Å². The first-order valence-electron chi connectivity index (χ1n) is 2.37. The minimum Gasteiger partial charge on any atom is -0.115 e. The van der Waals surface area contributed by atoms with E-state index in [1.807, 2.05) is 0 Å². The van der Waals surface area contributed by atoms with Gasteiger partial charge in [0.25, 0.3) is 0 Å². The first-order chi connectivity index (χ1) is 3.17.